The van der Waals surface area contributed by atoms with E-state index in [2.05, 4.69) is 25.0 Å². The molecule has 1 aliphatic rings. The van der Waals surface area contributed by atoms with Crippen LogP contribution in [-0.4, -0.2) is 68.3 Å². The molecule has 3 aromatic heterocycles. The highest BCUT2D eigenvalue weighted by atomic mass is 16.5. The number of carbonyl (C=O) groups is 1. The Balaban J connectivity index is 1.33. The molecule has 4 rings (SSSR count). The molecule has 0 aliphatic carbocycles. The minimum atomic E-state index is -0.0578. The summed E-state index contributed by atoms with van der Waals surface area (Å²) < 4.78 is 7.27. The number of anilines is 1. The van der Waals surface area contributed by atoms with Crippen molar-refractivity contribution in [3.05, 3.63) is 54.7 Å². The van der Waals surface area contributed by atoms with E-state index >= 15 is 0 Å². The molecule has 0 atom stereocenters. The summed E-state index contributed by atoms with van der Waals surface area (Å²) in [7, 11) is 0. The van der Waals surface area contributed by atoms with Gasteiger partial charge in [0, 0.05) is 50.8 Å². The molecule has 0 radical (unpaired) electrons. The number of amides is 1. The minimum Gasteiger partial charge on any atom is -0.467 e. The van der Waals surface area contributed by atoms with Crippen molar-refractivity contribution < 1.29 is 9.53 Å². The molecule has 0 bridgehead atoms. The molecule has 0 N–H and O–H groups in total. The number of hydrogen-bond acceptors (Lipinski definition) is 7. The van der Waals surface area contributed by atoms with Gasteiger partial charge in [-0.25, -0.2) is 14.6 Å². The van der Waals surface area contributed by atoms with E-state index < -0.39 is 0 Å². The minimum absolute atomic E-state index is 0.0570. The van der Waals surface area contributed by atoms with Crippen LogP contribution < -0.4 is 9.64 Å². The third kappa shape index (κ3) is 4.08. The van der Waals surface area contributed by atoms with Gasteiger partial charge in [0.1, 0.15) is 11.6 Å². The van der Waals surface area contributed by atoms with Gasteiger partial charge >= 0.3 is 0 Å². The molecular formula is C19H21N7O2. The Bertz CT molecular complexity index is 923. The molecular weight excluding hydrogens is 358 g/mol. The fourth-order valence-electron chi connectivity index (χ4n) is 3.07. The lowest BCUT2D eigenvalue weighted by Gasteiger charge is -2.35. The first-order valence-corrected chi connectivity index (χ1v) is 9.11. The van der Waals surface area contributed by atoms with E-state index in [0.29, 0.717) is 30.6 Å². The van der Waals surface area contributed by atoms with E-state index in [1.807, 2.05) is 29.2 Å². The molecule has 0 spiro atoms. The number of carbonyl (C=O) groups excluding carboxylic acids is 1. The second kappa shape index (κ2) is 8.03. The average molecular weight is 379 g/mol. The SMILES string of the molecule is Cc1nc(OCC(=O)N2CCN(c3ccccn3)CC2)cc(-n2cccn2)n1. The average Bonchev–Trinajstić information content (AvgIpc) is 3.27. The molecule has 0 unspecified atom stereocenters. The van der Waals surface area contributed by atoms with Crippen molar-refractivity contribution in [2.45, 2.75) is 6.92 Å². The zero-order chi connectivity index (χ0) is 19.3. The molecule has 1 fully saturated rings. The van der Waals surface area contributed by atoms with Gasteiger partial charge in [-0.3, -0.25) is 4.79 Å². The fraction of sp³-hybridized carbons (Fsp3) is 0.316. The van der Waals surface area contributed by atoms with Crippen LogP contribution in [0.3, 0.4) is 0 Å². The summed E-state index contributed by atoms with van der Waals surface area (Å²) in [4.78, 5) is 29.4. The summed E-state index contributed by atoms with van der Waals surface area (Å²) >= 11 is 0. The lowest BCUT2D eigenvalue weighted by atomic mass is 10.3. The predicted molar refractivity (Wildman–Crippen MR) is 102 cm³/mol. The van der Waals surface area contributed by atoms with E-state index in [1.165, 1.54) is 0 Å². The van der Waals surface area contributed by atoms with Gasteiger partial charge in [0.2, 0.25) is 5.88 Å². The van der Waals surface area contributed by atoms with E-state index in [4.69, 9.17) is 4.74 Å². The Morgan fingerprint density at radius 1 is 1.07 bits per heavy atom. The number of piperazine rings is 1. The maximum atomic E-state index is 12.5. The Labute approximate surface area is 162 Å². The molecule has 4 heterocycles. The number of aryl methyl sites for hydroxylation is 1. The molecule has 9 nitrogen and oxygen atoms in total. The quantitative estimate of drug-likeness (QED) is 0.656. The highest BCUT2D eigenvalue weighted by Gasteiger charge is 2.22. The Morgan fingerprint density at radius 2 is 1.93 bits per heavy atom. The van der Waals surface area contributed by atoms with E-state index in [-0.39, 0.29) is 12.5 Å². The second-order valence-corrected chi connectivity index (χ2v) is 6.41. The zero-order valence-electron chi connectivity index (χ0n) is 15.6. The van der Waals surface area contributed by atoms with Crippen molar-refractivity contribution in [3.63, 3.8) is 0 Å². The van der Waals surface area contributed by atoms with Gasteiger partial charge < -0.3 is 14.5 Å². The molecule has 3 aromatic rings. The molecule has 1 saturated heterocycles. The summed E-state index contributed by atoms with van der Waals surface area (Å²) in [5.74, 6) is 2.40. The van der Waals surface area contributed by atoms with Crippen molar-refractivity contribution >= 4 is 11.7 Å². The third-order valence-electron chi connectivity index (χ3n) is 4.49. The van der Waals surface area contributed by atoms with Crippen LogP contribution in [0.2, 0.25) is 0 Å². The lowest BCUT2D eigenvalue weighted by molar-refractivity contribution is -0.133. The van der Waals surface area contributed by atoms with Crippen molar-refractivity contribution in [2.24, 2.45) is 0 Å². The predicted octanol–water partition coefficient (Wildman–Crippen LogP) is 1.09. The number of aromatic nitrogens is 5. The Hall–Kier alpha value is -3.49. The number of nitrogens with zero attached hydrogens (tertiary/aromatic N) is 7. The van der Waals surface area contributed by atoms with Gasteiger partial charge in [0.25, 0.3) is 5.91 Å². The first-order valence-electron chi connectivity index (χ1n) is 9.11. The van der Waals surface area contributed by atoms with Gasteiger partial charge in [-0.2, -0.15) is 10.1 Å². The number of hydrogen-bond donors (Lipinski definition) is 0. The first kappa shape index (κ1) is 17.9. The second-order valence-electron chi connectivity index (χ2n) is 6.41. The molecule has 28 heavy (non-hydrogen) atoms. The summed E-state index contributed by atoms with van der Waals surface area (Å²) in [6.07, 6.45) is 5.24. The van der Waals surface area contributed by atoms with Crippen molar-refractivity contribution in [1.82, 2.24) is 29.6 Å². The number of pyridine rings is 1. The number of rotatable bonds is 5. The fourth-order valence-corrected chi connectivity index (χ4v) is 3.07. The van der Waals surface area contributed by atoms with Crippen LogP contribution >= 0.6 is 0 Å². The van der Waals surface area contributed by atoms with Gasteiger partial charge in [-0.1, -0.05) is 6.07 Å². The smallest absolute Gasteiger partial charge is 0.260 e. The first-order chi connectivity index (χ1) is 13.7. The van der Waals surface area contributed by atoms with E-state index in [0.717, 1.165) is 18.9 Å². The van der Waals surface area contributed by atoms with Crippen LogP contribution in [0.25, 0.3) is 5.82 Å². The van der Waals surface area contributed by atoms with Gasteiger partial charge in [-0.15, -0.1) is 0 Å². The summed E-state index contributed by atoms with van der Waals surface area (Å²) in [6, 6.07) is 9.33. The van der Waals surface area contributed by atoms with Crippen molar-refractivity contribution in [1.29, 1.82) is 0 Å². The van der Waals surface area contributed by atoms with Crippen LogP contribution in [0.15, 0.2) is 48.9 Å². The van der Waals surface area contributed by atoms with Crippen LogP contribution in [0.4, 0.5) is 5.82 Å². The molecule has 144 valence electrons. The molecule has 9 heteroatoms. The number of ether oxygens (including phenoxy) is 1. The summed E-state index contributed by atoms with van der Waals surface area (Å²) in [5.41, 5.74) is 0. The molecule has 1 aliphatic heterocycles. The monoisotopic (exact) mass is 379 g/mol. The summed E-state index contributed by atoms with van der Waals surface area (Å²) in [6.45, 7) is 4.49. The normalized spacial score (nSPS) is 14.2. The van der Waals surface area contributed by atoms with Crippen LogP contribution in [0.5, 0.6) is 5.88 Å². The Kier molecular flexibility index (Phi) is 5.14. The molecule has 1 amide bonds. The topological polar surface area (TPSA) is 89.3 Å². The van der Waals surface area contributed by atoms with Crippen LogP contribution in [0.1, 0.15) is 5.82 Å². The summed E-state index contributed by atoms with van der Waals surface area (Å²) in [5, 5.41) is 4.16. The van der Waals surface area contributed by atoms with Gasteiger partial charge in [0.15, 0.2) is 12.4 Å². The Morgan fingerprint density at radius 3 is 2.64 bits per heavy atom. The highest BCUT2D eigenvalue weighted by molar-refractivity contribution is 5.78. The molecule has 0 saturated carbocycles. The van der Waals surface area contributed by atoms with Crippen LogP contribution in [-0.2, 0) is 4.79 Å². The van der Waals surface area contributed by atoms with E-state index in [9.17, 15) is 4.79 Å². The van der Waals surface area contributed by atoms with Crippen molar-refractivity contribution in [2.75, 3.05) is 37.7 Å². The van der Waals surface area contributed by atoms with Gasteiger partial charge in [-0.05, 0) is 25.1 Å². The van der Waals surface area contributed by atoms with Crippen molar-refractivity contribution in [3.8, 4) is 11.7 Å². The third-order valence-corrected chi connectivity index (χ3v) is 4.49. The maximum Gasteiger partial charge on any atom is 0.260 e. The molecule has 0 aromatic carbocycles. The highest BCUT2D eigenvalue weighted by Crippen LogP contribution is 2.14. The lowest BCUT2D eigenvalue weighted by Crippen LogP contribution is -2.50. The largest absolute Gasteiger partial charge is 0.467 e. The van der Waals surface area contributed by atoms with Crippen LogP contribution in [0, 0.1) is 6.92 Å². The maximum absolute atomic E-state index is 12.5. The zero-order valence-corrected chi connectivity index (χ0v) is 15.6. The standard InChI is InChI=1S/C19H21N7O2/c1-15-22-17(26-8-4-7-21-26)13-18(23-15)28-14-19(27)25-11-9-24(10-12-25)16-5-2-3-6-20-16/h2-8,13H,9-12,14H2,1H3. The van der Waals surface area contributed by atoms with Gasteiger partial charge in [0.05, 0.1) is 0 Å². The van der Waals surface area contributed by atoms with E-state index in [1.54, 1.807) is 36.3 Å².